The Morgan fingerprint density at radius 3 is 2.24 bits per heavy atom. The monoisotopic (exact) mass is 283 g/mol. The first-order valence-corrected chi connectivity index (χ1v) is 6.53. The molecule has 1 aliphatic rings. The van der Waals surface area contributed by atoms with Crippen LogP contribution in [0.2, 0.25) is 0 Å². The molecule has 0 aliphatic heterocycles. The molecule has 0 saturated heterocycles. The Bertz CT molecular complexity index is 780. The highest BCUT2D eigenvalue weighted by atomic mass is 16.5. The van der Waals surface area contributed by atoms with Crippen molar-refractivity contribution in [3.8, 4) is 11.5 Å². The van der Waals surface area contributed by atoms with Gasteiger partial charge in [-0.05, 0) is 6.92 Å². The molecule has 0 unspecified atom stereocenters. The number of ether oxygens (including phenoxy) is 1. The average Bonchev–Trinajstić information content (AvgIpc) is 2.48. The zero-order valence-corrected chi connectivity index (χ0v) is 11.3. The highest BCUT2D eigenvalue weighted by Crippen LogP contribution is 2.40. The molecule has 21 heavy (non-hydrogen) atoms. The summed E-state index contributed by atoms with van der Waals surface area (Å²) in [7, 11) is 0. The summed E-state index contributed by atoms with van der Waals surface area (Å²) < 4.78 is 5.31. The van der Waals surface area contributed by atoms with E-state index in [-0.39, 0.29) is 45.2 Å². The third kappa shape index (κ3) is 1.78. The van der Waals surface area contributed by atoms with E-state index in [2.05, 4.69) is 0 Å². The lowest BCUT2D eigenvalue weighted by Crippen LogP contribution is -2.22. The van der Waals surface area contributed by atoms with Crippen molar-refractivity contribution in [3.05, 3.63) is 52.6 Å². The molecular weight excluding hydrogens is 270 g/mol. The summed E-state index contributed by atoms with van der Waals surface area (Å²) in [6.45, 7) is 2.10. The predicted molar refractivity (Wildman–Crippen MR) is 77.0 cm³/mol. The van der Waals surface area contributed by atoms with Crippen molar-refractivity contribution in [2.24, 2.45) is 0 Å². The number of benzene rings is 2. The molecule has 0 spiro atoms. The zero-order chi connectivity index (χ0) is 15.1. The molecule has 0 aromatic heterocycles. The number of anilines is 1. The highest BCUT2D eigenvalue weighted by Gasteiger charge is 2.34. The molecule has 106 valence electrons. The summed E-state index contributed by atoms with van der Waals surface area (Å²) in [6, 6.07) is 7.76. The third-order valence-corrected chi connectivity index (χ3v) is 3.48. The first kappa shape index (κ1) is 13.2. The first-order valence-electron chi connectivity index (χ1n) is 6.53. The molecule has 2 aromatic rings. The van der Waals surface area contributed by atoms with Crippen molar-refractivity contribution in [1.29, 1.82) is 0 Å². The van der Waals surface area contributed by atoms with Gasteiger partial charge in [-0.15, -0.1) is 0 Å². The van der Waals surface area contributed by atoms with E-state index in [1.54, 1.807) is 31.2 Å². The van der Waals surface area contributed by atoms with E-state index in [1.165, 1.54) is 6.07 Å². The van der Waals surface area contributed by atoms with Gasteiger partial charge in [0.15, 0.2) is 11.6 Å². The molecule has 0 radical (unpaired) electrons. The highest BCUT2D eigenvalue weighted by molar-refractivity contribution is 6.31. The predicted octanol–water partition coefficient (Wildman–Crippen LogP) is 2.15. The standard InChI is InChI=1S/C16H13NO4/c1-2-21-11-7-10(18)12-13(14(11)17)16(20)9-6-4-3-5-8(9)15(12)19/h3-7,18H,2,17H2,1H3. The molecule has 1 aliphatic carbocycles. The van der Waals surface area contributed by atoms with Crippen LogP contribution in [0.4, 0.5) is 5.69 Å². The number of hydrogen-bond acceptors (Lipinski definition) is 5. The Balaban J connectivity index is 2.32. The normalized spacial score (nSPS) is 12.8. The number of carbonyl (C=O) groups excluding carboxylic acids is 2. The van der Waals surface area contributed by atoms with Gasteiger partial charge in [-0.2, -0.15) is 0 Å². The van der Waals surface area contributed by atoms with E-state index in [0.717, 1.165) is 0 Å². The zero-order valence-electron chi connectivity index (χ0n) is 11.3. The number of aromatic hydroxyl groups is 1. The van der Waals surface area contributed by atoms with Crippen molar-refractivity contribution in [1.82, 2.24) is 0 Å². The molecule has 5 nitrogen and oxygen atoms in total. The van der Waals surface area contributed by atoms with Crippen LogP contribution in [0, 0.1) is 0 Å². The Morgan fingerprint density at radius 1 is 1.10 bits per heavy atom. The summed E-state index contributed by atoms with van der Waals surface area (Å²) in [5.41, 5.74) is 6.56. The average molecular weight is 283 g/mol. The molecule has 3 N–H and O–H groups in total. The Hall–Kier alpha value is -2.82. The van der Waals surface area contributed by atoms with E-state index < -0.39 is 5.78 Å². The number of phenols is 1. The summed E-state index contributed by atoms with van der Waals surface area (Å²) in [5.74, 6) is -0.883. The maximum atomic E-state index is 12.6. The second-order valence-corrected chi connectivity index (χ2v) is 4.69. The van der Waals surface area contributed by atoms with Gasteiger partial charge < -0.3 is 15.6 Å². The maximum absolute atomic E-state index is 12.6. The summed E-state index contributed by atoms with van der Waals surface area (Å²) >= 11 is 0. The van der Waals surface area contributed by atoms with Crippen LogP contribution in [0.25, 0.3) is 0 Å². The van der Waals surface area contributed by atoms with E-state index >= 15 is 0 Å². The Labute approximate surface area is 121 Å². The molecule has 2 aromatic carbocycles. The fourth-order valence-corrected chi connectivity index (χ4v) is 2.55. The second-order valence-electron chi connectivity index (χ2n) is 4.69. The van der Waals surface area contributed by atoms with Gasteiger partial charge in [-0.1, -0.05) is 24.3 Å². The van der Waals surface area contributed by atoms with Gasteiger partial charge in [0.2, 0.25) is 0 Å². The lowest BCUT2D eigenvalue weighted by atomic mass is 9.82. The molecule has 0 fully saturated rings. The fourth-order valence-electron chi connectivity index (χ4n) is 2.55. The van der Waals surface area contributed by atoms with E-state index in [0.29, 0.717) is 6.61 Å². The van der Waals surface area contributed by atoms with Crippen LogP contribution < -0.4 is 10.5 Å². The Morgan fingerprint density at radius 2 is 1.67 bits per heavy atom. The topological polar surface area (TPSA) is 89.6 Å². The molecule has 0 atom stereocenters. The van der Waals surface area contributed by atoms with Crippen molar-refractivity contribution in [3.63, 3.8) is 0 Å². The van der Waals surface area contributed by atoms with E-state index in [9.17, 15) is 14.7 Å². The molecule has 0 amide bonds. The van der Waals surface area contributed by atoms with Crippen LogP contribution in [0.3, 0.4) is 0 Å². The molecule has 0 bridgehead atoms. The second kappa shape index (κ2) is 4.63. The summed E-state index contributed by atoms with van der Waals surface area (Å²) in [6.07, 6.45) is 0. The van der Waals surface area contributed by atoms with E-state index in [4.69, 9.17) is 10.5 Å². The van der Waals surface area contributed by atoms with E-state index in [1.807, 2.05) is 0 Å². The smallest absolute Gasteiger partial charge is 0.198 e. The number of ketones is 2. The number of rotatable bonds is 2. The number of nitrogens with two attached hydrogens (primary N) is 1. The number of nitrogen functional groups attached to an aromatic ring is 1. The van der Waals surface area contributed by atoms with Gasteiger partial charge in [0, 0.05) is 17.2 Å². The number of phenolic OH excluding ortho intramolecular Hbond substituents is 1. The fraction of sp³-hybridized carbons (Fsp3) is 0.125. The van der Waals surface area contributed by atoms with Crippen LogP contribution in [0.1, 0.15) is 38.8 Å². The van der Waals surface area contributed by atoms with Gasteiger partial charge >= 0.3 is 0 Å². The van der Waals surface area contributed by atoms with Crippen LogP contribution in [-0.4, -0.2) is 23.3 Å². The summed E-state index contributed by atoms with van der Waals surface area (Å²) in [4.78, 5) is 25.1. The lowest BCUT2D eigenvalue weighted by molar-refractivity contribution is 0.0977. The van der Waals surface area contributed by atoms with Crippen LogP contribution in [0.15, 0.2) is 30.3 Å². The van der Waals surface area contributed by atoms with Crippen LogP contribution >= 0.6 is 0 Å². The molecular formula is C16H13NO4. The minimum absolute atomic E-state index is 0.0159. The van der Waals surface area contributed by atoms with Gasteiger partial charge in [-0.25, -0.2) is 0 Å². The molecule has 5 heteroatoms. The van der Waals surface area contributed by atoms with Gasteiger partial charge in [0.25, 0.3) is 0 Å². The quantitative estimate of drug-likeness (QED) is 0.555. The number of fused-ring (bicyclic) bond motifs is 2. The lowest BCUT2D eigenvalue weighted by Gasteiger charge is -2.21. The van der Waals surface area contributed by atoms with Crippen molar-refractivity contribution >= 4 is 17.3 Å². The minimum atomic E-state index is -0.410. The van der Waals surface area contributed by atoms with Crippen LogP contribution in [-0.2, 0) is 0 Å². The Kier molecular flexibility index (Phi) is 2.90. The molecule has 3 rings (SSSR count). The third-order valence-electron chi connectivity index (χ3n) is 3.48. The van der Waals surface area contributed by atoms with Crippen LogP contribution in [0.5, 0.6) is 11.5 Å². The SMILES string of the molecule is CCOc1cc(O)c2c(c1N)C(=O)c1ccccc1C2=O. The van der Waals surface area contributed by atoms with Crippen molar-refractivity contribution < 1.29 is 19.4 Å². The van der Waals surface area contributed by atoms with Crippen molar-refractivity contribution in [2.75, 3.05) is 12.3 Å². The van der Waals surface area contributed by atoms with Gasteiger partial charge in [-0.3, -0.25) is 9.59 Å². The number of hydrogen-bond donors (Lipinski definition) is 2. The van der Waals surface area contributed by atoms with Crippen molar-refractivity contribution in [2.45, 2.75) is 6.92 Å². The maximum Gasteiger partial charge on any atom is 0.198 e. The summed E-state index contributed by atoms with van der Waals surface area (Å²) in [5, 5.41) is 10.1. The first-order chi connectivity index (χ1) is 10.1. The largest absolute Gasteiger partial charge is 0.507 e. The number of carbonyl (C=O) groups is 2. The molecule has 0 heterocycles. The minimum Gasteiger partial charge on any atom is -0.507 e. The van der Waals surface area contributed by atoms with Gasteiger partial charge in [0.1, 0.15) is 11.5 Å². The molecule has 0 saturated carbocycles. The van der Waals surface area contributed by atoms with Gasteiger partial charge in [0.05, 0.1) is 23.4 Å².